The molecule has 0 saturated heterocycles. The lowest BCUT2D eigenvalue weighted by atomic mass is 10.1. The number of carboxylic acids is 1. The van der Waals surface area contributed by atoms with Crippen LogP contribution in [0.25, 0.3) is 0 Å². The third-order valence-corrected chi connectivity index (χ3v) is 3.13. The largest absolute Gasteiger partial charge is 0.479 e. The van der Waals surface area contributed by atoms with Gasteiger partial charge in [0.15, 0.2) is 0 Å². The zero-order chi connectivity index (χ0) is 15.9. The summed E-state index contributed by atoms with van der Waals surface area (Å²) in [7, 11) is 0. The van der Waals surface area contributed by atoms with Gasteiger partial charge in [-0.15, -0.1) is 4.48 Å². The summed E-state index contributed by atoms with van der Waals surface area (Å²) in [5.74, 6) is -3.14. The molecule has 0 heterocycles. The molecule has 0 spiro atoms. The summed E-state index contributed by atoms with van der Waals surface area (Å²) in [5.41, 5.74) is 1.55. The third-order valence-electron chi connectivity index (χ3n) is 2.69. The molecule has 2 amide bonds. The number of aliphatic carboxylic acids is 1. The maximum Gasteiger partial charge on any atom is 0.345 e. The Labute approximate surface area is 125 Å². The summed E-state index contributed by atoms with van der Waals surface area (Å²) in [6.07, 6.45) is -0.976. The molecule has 3 N–H and O–H groups in total. The van der Waals surface area contributed by atoms with Crippen LogP contribution < -0.4 is 10.9 Å². The second-order valence-corrected chi connectivity index (χ2v) is 4.98. The summed E-state index contributed by atoms with van der Waals surface area (Å²) in [4.78, 5) is 31.6. The van der Waals surface area contributed by atoms with E-state index in [0.717, 1.165) is 5.54 Å². The predicted octanol–water partition coefficient (Wildman–Crippen LogP) is 1.15. The Balaban J connectivity index is 2.66. The van der Waals surface area contributed by atoms with Gasteiger partial charge >= 0.3 is 5.97 Å². The highest BCUT2D eigenvalue weighted by atomic mass is 35.5. The van der Waals surface area contributed by atoms with Crippen molar-refractivity contribution in [1.82, 2.24) is 10.9 Å². The van der Waals surface area contributed by atoms with Crippen molar-refractivity contribution in [1.29, 1.82) is 0 Å². The molecule has 0 aliphatic rings. The topological polar surface area (TPSA) is 95.5 Å². The van der Waals surface area contributed by atoms with Gasteiger partial charge in [-0.3, -0.25) is 9.59 Å². The summed E-state index contributed by atoms with van der Waals surface area (Å²) < 4.78 is 11.8. The summed E-state index contributed by atoms with van der Waals surface area (Å²) in [6, 6.07) is 8.65. The highest BCUT2D eigenvalue weighted by Gasteiger charge is 2.38. The standard InChI is InChI=1S/C13H14ClFN2O4/c14-13(12(20)21,7-6-10(18)17-15)16-11(19)8-9-4-2-1-3-5-9/h1-5H,6-8H2,(H,16,19)(H,17,18)(H,20,21)/t13-/m0/s1. The van der Waals surface area contributed by atoms with Gasteiger partial charge in [0, 0.05) is 12.8 Å². The molecule has 0 aromatic heterocycles. The normalized spacial score (nSPS) is 13.0. The van der Waals surface area contributed by atoms with Gasteiger partial charge in [-0.1, -0.05) is 41.9 Å². The number of rotatable bonds is 7. The second kappa shape index (κ2) is 7.58. The monoisotopic (exact) mass is 316 g/mol. The molecule has 0 bridgehead atoms. The fourth-order valence-electron chi connectivity index (χ4n) is 1.60. The van der Waals surface area contributed by atoms with Crippen molar-refractivity contribution in [3.05, 3.63) is 35.9 Å². The second-order valence-electron chi connectivity index (χ2n) is 4.33. The number of alkyl halides is 1. The van der Waals surface area contributed by atoms with E-state index in [1.54, 1.807) is 30.3 Å². The third kappa shape index (κ3) is 5.39. The molecule has 0 radical (unpaired) electrons. The number of carboxylic acid groups (broad SMARTS) is 1. The van der Waals surface area contributed by atoms with Crippen LogP contribution in [0.2, 0.25) is 0 Å². The fraction of sp³-hybridized carbons (Fsp3) is 0.308. The van der Waals surface area contributed by atoms with Gasteiger partial charge in [0.2, 0.25) is 16.8 Å². The molecular formula is C13H14ClFN2O4. The smallest absolute Gasteiger partial charge is 0.345 e. The minimum atomic E-state index is -2.15. The highest BCUT2D eigenvalue weighted by Crippen LogP contribution is 2.19. The van der Waals surface area contributed by atoms with Crippen molar-refractivity contribution < 1.29 is 24.0 Å². The molecule has 0 unspecified atom stereocenters. The number of carbonyl (C=O) groups is 3. The summed E-state index contributed by atoms with van der Waals surface area (Å²) in [6.45, 7) is 0. The van der Waals surface area contributed by atoms with Crippen molar-refractivity contribution in [2.75, 3.05) is 0 Å². The first-order valence-corrected chi connectivity index (χ1v) is 6.42. The van der Waals surface area contributed by atoms with Gasteiger partial charge in [0.1, 0.15) is 0 Å². The molecule has 21 heavy (non-hydrogen) atoms. The average Bonchev–Trinajstić information content (AvgIpc) is 2.45. The van der Waals surface area contributed by atoms with Gasteiger partial charge < -0.3 is 10.4 Å². The van der Waals surface area contributed by atoms with Crippen LogP contribution in [0.15, 0.2) is 30.3 Å². The van der Waals surface area contributed by atoms with Gasteiger partial charge in [-0.25, -0.2) is 4.79 Å². The van der Waals surface area contributed by atoms with Crippen LogP contribution in [0, 0.1) is 0 Å². The van der Waals surface area contributed by atoms with Crippen molar-refractivity contribution in [3.63, 3.8) is 0 Å². The van der Waals surface area contributed by atoms with Crippen molar-refractivity contribution in [2.24, 2.45) is 0 Å². The Hall–Kier alpha value is -2.15. The van der Waals surface area contributed by atoms with Crippen molar-refractivity contribution >= 4 is 29.4 Å². The maximum absolute atomic E-state index is 11.8. The lowest BCUT2D eigenvalue weighted by molar-refractivity contribution is -0.144. The van der Waals surface area contributed by atoms with E-state index in [9.17, 15) is 18.9 Å². The molecule has 6 nitrogen and oxygen atoms in total. The van der Waals surface area contributed by atoms with Crippen molar-refractivity contribution in [3.8, 4) is 0 Å². The average molecular weight is 317 g/mol. The van der Waals surface area contributed by atoms with E-state index in [1.807, 2.05) is 0 Å². The molecule has 0 aliphatic carbocycles. The summed E-state index contributed by atoms with van der Waals surface area (Å²) in [5, 5.41) is 11.2. The lowest BCUT2D eigenvalue weighted by Crippen LogP contribution is -2.51. The van der Waals surface area contributed by atoms with E-state index in [1.165, 1.54) is 0 Å². The van der Waals surface area contributed by atoms with E-state index < -0.39 is 35.6 Å². The summed E-state index contributed by atoms with van der Waals surface area (Å²) >= 11 is 5.80. The van der Waals surface area contributed by atoms with Gasteiger partial charge in [-0.2, -0.15) is 5.54 Å². The van der Waals surface area contributed by atoms with Crippen LogP contribution in [0.5, 0.6) is 0 Å². The van der Waals surface area contributed by atoms with E-state index in [-0.39, 0.29) is 6.42 Å². The first-order valence-electron chi connectivity index (χ1n) is 6.04. The number of nitrogens with one attached hydrogen (secondary N) is 2. The Kier molecular flexibility index (Phi) is 6.10. The molecule has 8 heteroatoms. The number of hydrogen-bond acceptors (Lipinski definition) is 3. The highest BCUT2D eigenvalue weighted by molar-refractivity contribution is 6.34. The first kappa shape index (κ1) is 16.9. The molecular weight excluding hydrogens is 303 g/mol. The molecule has 0 saturated carbocycles. The lowest BCUT2D eigenvalue weighted by Gasteiger charge is -2.23. The van der Waals surface area contributed by atoms with Gasteiger partial charge in [0.25, 0.3) is 0 Å². The van der Waals surface area contributed by atoms with E-state index >= 15 is 0 Å². The van der Waals surface area contributed by atoms with Crippen molar-refractivity contribution in [2.45, 2.75) is 24.3 Å². The maximum atomic E-state index is 11.8. The van der Waals surface area contributed by atoms with Crippen LogP contribution in [0.3, 0.4) is 0 Å². The zero-order valence-electron chi connectivity index (χ0n) is 10.9. The van der Waals surface area contributed by atoms with Crippen LogP contribution in [-0.4, -0.2) is 27.9 Å². The Bertz CT molecular complexity index is 526. The van der Waals surface area contributed by atoms with E-state index in [4.69, 9.17) is 16.7 Å². The van der Waals surface area contributed by atoms with Gasteiger partial charge in [0.05, 0.1) is 6.42 Å². The molecule has 1 aromatic carbocycles. The Morgan fingerprint density at radius 1 is 1.19 bits per heavy atom. The van der Waals surface area contributed by atoms with E-state index in [0.29, 0.717) is 5.56 Å². The number of carbonyl (C=O) groups excluding carboxylic acids is 2. The minimum Gasteiger partial charge on any atom is -0.479 e. The van der Waals surface area contributed by atoms with Gasteiger partial charge in [-0.05, 0) is 5.56 Å². The fourth-order valence-corrected chi connectivity index (χ4v) is 1.80. The first-order chi connectivity index (χ1) is 9.87. The molecule has 1 aromatic rings. The Morgan fingerprint density at radius 2 is 1.81 bits per heavy atom. The Morgan fingerprint density at radius 3 is 2.33 bits per heavy atom. The molecule has 0 fully saturated rings. The number of halogens is 2. The van der Waals surface area contributed by atoms with Crippen LogP contribution in [-0.2, 0) is 20.8 Å². The number of amides is 2. The van der Waals surface area contributed by atoms with Crippen LogP contribution >= 0.6 is 11.6 Å². The number of benzene rings is 1. The SMILES string of the molecule is O=C(CC[C@](Cl)(NC(=O)Cc1ccccc1)C(=O)O)NF. The quantitative estimate of drug-likeness (QED) is 0.399. The molecule has 1 atom stereocenters. The minimum absolute atomic E-state index is 0.0576. The molecule has 0 aliphatic heterocycles. The van der Waals surface area contributed by atoms with Crippen LogP contribution in [0.1, 0.15) is 18.4 Å². The van der Waals surface area contributed by atoms with E-state index in [2.05, 4.69) is 5.32 Å². The zero-order valence-corrected chi connectivity index (χ0v) is 11.7. The number of hydrogen-bond donors (Lipinski definition) is 3. The molecule has 114 valence electrons. The predicted molar refractivity (Wildman–Crippen MR) is 73.0 cm³/mol. The molecule has 1 rings (SSSR count). The van der Waals surface area contributed by atoms with Crippen LogP contribution in [0.4, 0.5) is 4.48 Å².